The lowest BCUT2D eigenvalue weighted by atomic mass is 9.86. The van der Waals surface area contributed by atoms with Crippen LogP contribution in [0.15, 0.2) is 64.5 Å². The molecule has 1 fully saturated rings. The predicted octanol–water partition coefficient (Wildman–Crippen LogP) is 6.85. The van der Waals surface area contributed by atoms with Gasteiger partial charge in [0.2, 0.25) is 0 Å². The lowest BCUT2D eigenvalue weighted by Gasteiger charge is -2.29. The van der Waals surface area contributed by atoms with E-state index in [0.717, 1.165) is 19.6 Å². The number of piperidine rings is 1. The zero-order valence-corrected chi connectivity index (χ0v) is 42.4. The molecule has 2 aromatic heterocycles. The SMILES string of the molecule is C.CC(C)OC(=O)C1=CN(C(=O)c2ccc(OCCN3CCCCC3)cc2)CC(C)(C)c2c1n(C)c(=O)n2C.Cc1cc(C(=O)N2C=C(C(=O)OC(C)C)c3c(n(C)c(=O)n3C)C(C)(C)C2)ccc1F. The Morgan fingerprint density at radius 3 is 1.50 bits per heavy atom. The number of fused-ring (bicyclic) bond motifs is 2. The zero-order chi connectivity index (χ0) is 50.9. The molecule has 7 rings (SSSR count). The summed E-state index contributed by atoms with van der Waals surface area (Å²) in [6, 6.07) is 11.3. The Bertz CT molecular complexity index is 2800. The minimum absolute atomic E-state index is 0. The van der Waals surface area contributed by atoms with Crippen LogP contribution in [0.25, 0.3) is 11.1 Å². The van der Waals surface area contributed by atoms with Crippen molar-refractivity contribution in [2.45, 2.75) is 112 Å². The van der Waals surface area contributed by atoms with Crippen LogP contribution >= 0.6 is 0 Å². The summed E-state index contributed by atoms with van der Waals surface area (Å²) in [4.78, 5) is 84.1. The Morgan fingerprint density at radius 1 is 0.643 bits per heavy atom. The lowest BCUT2D eigenvalue weighted by Crippen LogP contribution is -2.38. The van der Waals surface area contributed by atoms with Gasteiger partial charge in [0.05, 0.1) is 35.0 Å². The van der Waals surface area contributed by atoms with E-state index in [1.54, 1.807) is 84.4 Å². The number of aryl methyl sites for hydroxylation is 1. The van der Waals surface area contributed by atoms with Crippen molar-refractivity contribution in [3.8, 4) is 5.75 Å². The van der Waals surface area contributed by atoms with E-state index in [4.69, 9.17) is 14.2 Å². The van der Waals surface area contributed by atoms with Gasteiger partial charge in [0.15, 0.2) is 0 Å². The number of halogens is 1. The maximum absolute atomic E-state index is 13.7. The number of carbonyl (C=O) groups is 4. The smallest absolute Gasteiger partial charge is 0.342 e. The summed E-state index contributed by atoms with van der Waals surface area (Å²) < 4.78 is 36.5. The van der Waals surface area contributed by atoms with E-state index in [1.807, 2.05) is 39.8 Å². The zero-order valence-electron chi connectivity index (χ0n) is 42.4. The average molecular weight is 970 g/mol. The van der Waals surface area contributed by atoms with E-state index in [1.165, 1.54) is 68.5 Å². The lowest BCUT2D eigenvalue weighted by molar-refractivity contribution is -0.141. The van der Waals surface area contributed by atoms with Gasteiger partial charge in [0.1, 0.15) is 29.3 Å². The first-order chi connectivity index (χ1) is 32.3. The fraction of sp³-hybridized carbons (Fsp3) is 0.509. The fourth-order valence-electron chi connectivity index (χ4n) is 9.55. The van der Waals surface area contributed by atoms with Gasteiger partial charge in [-0.15, -0.1) is 0 Å². The maximum atomic E-state index is 13.7. The van der Waals surface area contributed by atoms with Gasteiger partial charge >= 0.3 is 23.3 Å². The summed E-state index contributed by atoms with van der Waals surface area (Å²) >= 11 is 0. The molecule has 0 atom stereocenters. The molecule has 0 radical (unpaired) electrons. The molecule has 3 aliphatic rings. The third kappa shape index (κ3) is 11.4. The summed E-state index contributed by atoms with van der Waals surface area (Å²) in [7, 11) is 6.56. The maximum Gasteiger partial charge on any atom is 0.342 e. The molecule has 17 heteroatoms. The highest BCUT2D eigenvalue weighted by molar-refractivity contribution is 6.18. The summed E-state index contributed by atoms with van der Waals surface area (Å²) in [5, 5.41) is 0. The molecule has 0 N–H and O–H groups in total. The van der Waals surface area contributed by atoms with Crippen LogP contribution in [0.1, 0.15) is 131 Å². The number of amides is 2. The Morgan fingerprint density at radius 2 is 1.07 bits per heavy atom. The van der Waals surface area contributed by atoms with Gasteiger partial charge in [0, 0.05) is 82.2 Å². The molecule has 0 bridgehead atoms. The molecule has 380 valence electrons. The van der Waals surface area contributed by atoms with Crippen LogP contribution in [0.4, 0.5) is 4.39 Å². The summed E-state index contributed by atoms with van der Waals surface area (Å²) in [5.74, 6) is -1.49. The van der Waals surface area contributed by atoms with Gasteiger partial charge in [-0.1, -0.05) is 41.5 Å². The molecule has 2 aromatic carbocycles. The van der Waals surface area contributed by atoms with Crippen molar-refractivity contribution in [1.82, 2.24) is 33.0 Å². The first-order valence-corrected chi connectivity index (χ1v) is 23.6. The second-order valence-corrected chi connectivity index (χ2v) is 20.1. The van der Waals surface area contributed by atoms with Gasteiger partial charge in [-0.05, 0) is 109 Å². The standard InChI is InChI=1S/C29H40N4O5.C23H28FN3O4.CH4/c1-20(2)38-27(35)23-18-33(19-29(3,4)25-24(23)30(5)28(36)31(25)6)26(34)21-10-12-22(13-11-21)37-17-16-32-14-8-7-9-15-32;1-13(2)31-21(29)16-11-27(20(28)15-8-9-17(24)14(3)10-15)12-23(4,5)19-18(16)25(6)22(30)26(19)7;/h10-13,18,20H,7-9,14-17,19H2,1-6H3;8-11,13H,12H2,1-7H3;1H4. The average Bonchev–Trinajstić information content (AvgIpc) is 3.52. The number of benzene rings is 2. The predicted molar refractivity (Wildman–Crippen MR) is 268 cm³/mol. The minimum atomic E-state index is -0.661. The number of esters is 2. The number of nitrogens with zero attached hydrogens (tertiary/aromatic N) is 7. The number of likely N-dealkylation sites (tertiary alicyclic amines) is 1. The molecule has 5 heterocycles. The van der Waals surface area contributed by atoms with E-state index in [2.05, 4.69) is 4.90 Å². The normalized spacial score (nSPS) is 16.3. The molecular weight excluding hydrogens is 898 g/mol. The number of hydrogen-bond donors (Lipinski definition) is 0. The van der Waals surface area contributed by atoms with Gasteiger partial charge < -0.3 is 24.0 Å². The van der Waals surface area contributed by atoms with Crippen LogP contribution in [0, 0.1) is 12.7 Å². The molecule has 70 heavy (non-hydrogen) atoms. The molecule has 0 unspecified atom stereocenters. The molecule has 0 aliphatic carbocycles. The first-order valence-electron chi connectivity index (χ1n) is 23.6. The second-order valence-electron chi connectivity index (χ2n) is 20.1. The first kappa shape index (κ1) is 54.5. The second kappa shape index (κ2) is 21.7. The molecule has 0 spiro atoms. The highest BCUT2D eigenvalue weighted by Crippen LogP contribution is 2.37. The van der Waals surface area contributed by atoms with Gasteiger partial charge in [-0.3, -0.25) is 32.8 Å². The Kier molecular flexibility index (Phi) is 16.8. The number of imidazole rings is 2. The monoisotopic (exact) mass is 970 g/mol. The third-order valence-electron chi connectivity index (χ3n) is 12.7. The Labute approximate surface area is 410 Å². The van der Waals surface area contributed by atoms with Crippen molar-refractivity contribution in [1.29, 1.82) is 0 Å². The van der Waals surface area contributed by atoms with Crippen molar-refractivity contribution in [2.75, 3.05) is 39.3 Å². The van der Waals surface area contributed by atoms with E-state index in [0.29, 0.717) is 51.8 Å². The largest absolute Gasteiger partial charge is 0.492 e. The van der Waals surface area contributed by atoms with Crippen molar-refractivity contribution >= 4 is 34.9 Å². The minimum Gasteiger partial charge on any atom is -0.492 e. The topological polar surface area (TPSA) is 160 Å². The Balaban J connectivity index is 0.000000262. The molecule has 16 nitrogen and oxygen atoms in total. The van der Waals surface area contributed by atoms with Crippen molar-refractivity contribution in [2.24, 2.45) is 28.2 Å². The molecule has 0 saturated carbocycles. The number of carbonyl (C=O) groups excluding carboxylic acids is 4. The van der Waals surface area contributed by atoms with E-state index >= 15 is 0 Å². The van der Waals surface area contributed by atoms with Crippen LogP contribution in [0.3, 0.4) is 0 Å². The summed E-state index contributed by atoms with van der Waals surface area (Å²) in [5.41, 5.74) is 1.90. The van der Waals surface area contributed by atoms with Gasteiger partial charge in [-0.25, -0.2) is 23.6 Å². The highest BCUT2D eigenvalue weighted by Gasteiger charge is 2.41. The quantitative estimate of drug-likeness (QED) is 0.154. The number of rotatable bonds is 10. The van der Waals surface area contributed by atoms with Crippen LogP contribution in [-0.2, 0) is 58.1 Å². The van der Waals surface area contributed by atoms with Crippen LogP contribution in [0.5, 0.6) is 5.75 Å². The van der Waals surface area contributed by atoms with Crippen molar-refractivity contribution < 1.29 is 37.8 Å². The van der Waals surface area contributed by atoms with E-state index in [-0.39, 0.29) is 67.1 Å². The third-order valence-corrected chi connectivity index (χ3v) is 12.7. The van der Waals surface area contributed by atoms with Crippen molar-refractivity contribution in [3.63, 3.8) is 0 Å². The number of ether oxygens (including phenoxy) is 3. The van der Waals surface area contributed by atoms with Crippen LogP contribution in [-0.4, -0.2) is 108 Å². The van der Waals surface area contributed by atoms with E-state index in [9.17, 15) is 33.2 Å². The molecule has 1 saturated heterocycles. The molecule has 3 aliphatic heterocycles. The van der Waals surface area contributed by atoms with Crippen molar-refractivity contribution in [3.05, 3.63) is 121 Å². The molecular formula is C53H72FN7O9. The summed E-state index contributed by atoms with van der Waals surface area (Å²) in [6.07, 6.45) is 6.05. The molecule has 2 amide bonds. The fourth-order valence-corrected chi connectivity index (χ4v) is 9.55. The van der Waals surface area contributed by atoms with Gasteiger partial charge in [0.25, 0.3) is 11.8 Å². The number of aromatic nitrogens is 4. The van der Waals surface area contributed by atoms with E-state index < -0.39 is 28.6 Å². The van der Waals surface area contributed by atoms with Gasteiger partial charge in [-0.2, -0.15) is 0 Å². The Hall–Kier alpha value is -6.49. The highest BCUT2D eigenvalue weighted by atomic mass is 19.1. The number of hydrogen-bond acceptors (Lipinski definition) is 10. The van der Waals surface area contributed by atoms with Crippen LogP contribution in [0.2, 0.25) is 0 Å². The molecule has 4 aromatic rings. The summed E-state index contributed by atoms with van der Waals surface area (Å²) in [6.45, 7) is 20.6. The van der Waals surface area contributed by atoms with Crippen LogP contribution < -0.4 is 16.1 Å².